The Hall–Kier alpha value is -2.04. The van der Waals surface area contributed by atoms with E-state index in [4.69, 9.17) is 4.74 Å². The van der Waals surface area contributed by atoms with Crippen molar-refractivity contribution in [3.05, 3.63) is 65.7 Å². The van der Waals surface area contributed by atoms with Crippen LogP contribution in [0.3, 0.4) is 0 Å². The summed E-state index contributed by atoms with van der Waals surface area (Å²) in [6, 6.07) is 17.6. The van der Waals surface area contributed by atoms with E-state index in [1.807, 2.05) is 42.5 Å². The molecule has 0 saturated heterocycles. The van der Waals surface area contributed by atoms with Crippen LogP contribution in [0.5, 0.6) is 5.75 Å². The maximum Gasteiger partial charge on any atom is 0.251 e. The number of hydrogen-bond acceptors (Lipinski definition) is 2. The summed E-state index contributed by atoms with van der Waals surface area (Å²) >= 11 is 0. The molecule has 2 aromatic rings. The zero-order valence-electron chi connectivity index (χ0n) is 14.3. The maximum absolute atomic E-state index is 11.9. The number of nitrogens with one attached hydrogen (secondary N) is 1. The molecule has 1 atom stereocenters. The molecule has 4 nitrogen and oxygen atoms in total. The van der Waals surface area contributed by atoms with Gasteiger partial charge in [0.25, 0.3) is 5.91 Å². The number of ether oxygens (including phenoxy) is 1. The summed E-state index contributed by atoms with van der Waals surface area (Å²) in [7, 11) is 0. The first-order valence-corrected chi connectivity index (χ1v) is 8.72. The molecule has 5 heteroatoms. The van der Waals surface area contributed by atoms with E-state index in [1.165, 1.54) is 5.56 Å². The molecule has 2 aromatic carbocycles. The second-order valence-corrected chi connectivity index (χ2v) is 6.19. The second-order valence-electron chi connectivity index (χ2n) is 6.19. The van der Waals surface area contributed by atoms with Gasteiger partial charge in [-0.25, -0.2) is 0 Å². The highest BCUT2D eigenvalue weighted by atomic mass is 35.5. The summed E-state index contributed by atoms with van der Waals surface area (Å²) in [5.41, 5.74) is 2.04. The lowest BCUT2D eigenvalue weighted by Gasteiger charge is -2.09. The second kappa shape index (κ2) is 10.1. The predicted molar refractivity (Wildman–Crippen MR) is 94.2 cm³/mol. The number of quaternary nitrogens is 1. The molecule has 0 saturated carbocycles. The van der Waals surface area contributed by atoms with Crippen LogP contribution in [0.4, 0.5) is 0 Å². The Labute approximate surface area is 155 Å². The average Bonchev–Trinajstić information content (AvgIpc) is 3.04. The lowest BCUT2D eigenvalue weighted by atomic mass is 10.1. The monoisotopic (exact) mass is 360 g/mol. The number of unbranched alkanes of at least 4 members (excludes halogenated alkanes) is 1. The highest BCUT2D eigenvalue weighted by Crippen LogP contribution is 2.27. The minimum absolute atomic E-state index is 0. The first kappa shape index (κ1) is 19.3. The fourth-order valence-corrected chi connectivity index (χ4v) is 3.00. The van der Waals surface area contributed by atoms with Gasteiger partial charge in [0.15, 0.2) is 6.10 Å². The summed E-state index contributed by atoms with van der Waals surface area (Å²) in [4.78, 5) is 11.9. The van der Waals surface area contributed by atoms with Gasteiger partial charge in [0.1, 0.15) is 12.3 Å². The van der Waals surface area contributed by atoms with Gasteiger partial charge in [-0.1, -0.05) is 36.4 Å². The topological polar surface area (TPSA) is 54.9 Å². The van der Waals surface area contributed by atoms with Crippen molar-refractivity contribution < 1.29 is 27.3 Å². The molecule has 1 aliphatic rings. The van der Waals surface area contributed by atoms with Crippen molar-refractivity contribution in [2.45, 2.75) is 25.4 Å². The van der Waals surface area contributed by atoms with Gasteiger partial charge >= 0.3 is 0 Å². The van der Waals surface area contributed by atoms with Gasteiger partial charge in [0.05, 0.1) is 6.54 Å². The van der Waals surface area contributed by atoms with Gasteiger partial charge in [0.2, 0.25) is 0 Å². The number of hydrogen-bond donors (Lipinski definition) is 2. The summed E-state index contributed by atoms with van der Waals surface area (Å²) in [6.45, 7) is 2.79. The number of carbonyl (C=O) groups excluding carboxylic acids is 1. The van der Waals surface area contributed by atoms with Crippen LogP contribution in [0.1, 0.15) is 28.8 Å². The number of carbonyl (C=O) groups is 1. The number of halogens is 1. The van der Waals surface area contributed by atoms with Crippen LogP contribution < -0.4 is 27.8 Å². The number of nitrogens with two attached hydrogens (primary N) is 1. The first-order chi connectivity index (χ1) is 11.8. The van der Waals surface area contributed by atoms with E-state index < -0.39 is 0 Å². The number of amides is 1. The van der Waals surface area contributed by atoms with Crippen LogP contribution in [0.15, 0.2) is 54.6 Å². The summed E-state index contributed by atoms with van der Waals surface area (Å²) in [6.07, 6.45) is 3.40. The Morgan fingerprint density at radius 3 is 2.64 bits per heavy atom. The number of rotatable bonds is 8. The zero-order chi connectivity index (χ0) is 16.6. The third-order valence-corrected chi connectivity index (χ3v) is 4.30. The van der Waals surface area contributed by atoms with Crippen molar-refractivity contribution >= 4 is 5.91 Å². The van der Waals surface area contributed by atoms with E-state index >= 15 is 0 Å². The van der Waals surface area contributed by atoms with Crippen molar-refractivity contribution in [3.8, 4) is 5.75 Å². The average molecular weight is 361 g/mol. The number of fused-ring (bicyclic) bond motifs is 1. The molecule has 0 spiro atoms. The standard InChI is InChI=1S/C20H24N2O2.ClH/c23-20(16-8-2-1-3-9-16)22-13-7-6-12-21-15-18-14-17-10-4-5-11-19(17)24-18;/h1-5,8-11,18,21H,6-7,12-15H2,(H,22,23);1H/t18-;/m1./s1. The van der Waals surface area contributed by atoms with Crippen molar-refractivity contribution in [1.29, 1.82) is 0 Å². The van der Waals surface area contributed by atoms with Gasteiger partial charge in [-0.2, -0.15) is 0 Å². The summed E-state index contributed by atoms with van der Waals surface area (Å²) < 4.78 is 5.93. The van der Waals surface area contributed by atoms with Crippen LogP contribution in [0, 0.1) is 0 Å². The molecule has 25 heavy (non-hydrogen) atoms. The lowest BCUT2D eigenvalue weighted by molar-refractivity contribution is -0.660. The van der Waals surface area contributed by atoms with E-state index in [1.54, 1.807) is 0 Å². The van der Waals surface area contributed by atoms with E-state index in [-0.39, 0.29) is 18.3 Å². The predicted octanol–water partition coefficient (Wildman–Crippen LogP) is -1.23. The van der Waals surface area contributed by atoms with Crippen molar-refractivity contribution in [1.82, 2.24) is 5.32 Å². The fraction of sp³-hybridized carbons (Fsp3) is 0.350. The van der Waals surface area contributed by atoms with E-state index in [0.29, 0.717) is 6.10 Å². The van der Waals surface area contributed by atoms with Gasteiger partial charge in [-0.05, 0) is 36.6 Å². The molecule has 1 aliphatic heterocycles. The van der Waals surface area contributed by atoms with Crippen molar-refractivity contribution in [3.63, 3.8) is 0 Å². The molecule has 3 N–H and O–H groups in total. The van der Waals surface area contributed by atoms with Gasteiger partial charge in [0, 0.05) is 18.5 Å². The summed E-state index contributed by atoms with van der Waals surface area (Å²) in [5, 5.41) is 5.28. The van der Waals surface area contributed by atoms with Crippen LogP contribution in [0.25, 0.3) is 0 Å². The molecule has 1 amide bonds. The Balaban J connectivity index is 0.00000225. The molecule has 1 heterocycles. The number of benzene rings is 2. The number of para-hydroxylation sites is 1. The molecule has 0 fully saturated rings. The lowest BCUT2D eigenvalue weighted by Crippen LogP contribution is -3.00. The van der Waals surface area contributed by atoms with Gasteiger partial charge in [-0.3, -0.25) is 4.79 Å². The van der Waals surface area contributed by atoms with Crippen LogP contribution in [-0.4, -0.2) is 31.6 Å². The van der Waals surface area contributed by atoms with Gasteiger partial charge < -0.3 is 27.8 Å². The molecule has 0 aliphatic carbocycles. The Bertz CT molecular complexity index is 639. The molecule has 0 aromatic heterocycles. The van der Waals surface area contributed by atoms with Crippen LogP contribution >= 0.6 is 0 Å². The highest BCUT2D eigenvalue weighted by Gasteiger charge is 2.23. The zero-order valence-corrected chi connectivity index (χ0v) is 15.0. The Morgan fingerprint density at radius 1 is 1.08 bits per heavy atom. The largest absolute Gasteiger partial charge is 1.00 e. The van der Waals surface area contributed by atoms with E-state index in [2.05, 4.69) is 22.8 Å². The third-order valence-electron chi connectivity index (χ3n) is 4.30. The summed E-state index contributed by atoms with van der Waals surface area (Å²) in [5.74, 6) is 1.05. The van der Waals surface area contributed by atoms with Crippen LogP contribution in [-0.2, 0) is 6.42 Å². The molecular formula is C20H25ClN2O2. The van der Waals surface area contributed by atoms with Crippen molar-refractivity contribution in [2.24, 2.45) is 0 Å². The van der Waals surface area contributed by atoms with Crippen LogP contribution in [0.2, 0.25) is 0 Å². The van der Waals surface area contributed by atoms with Crippen molar-refractivity contribution in [2.75, 3.05) is 19.6 Å². The third kappa shape index (κ3) is 5.76. The molecular weight excluding hydrogens is 336 g/mol. The SMILES string of the molecule is O=C(NCCCC[NH2+]C[C@H]1Cc2ccccc2O1)c1ccccc1.[Cl-]. The molecule has 0 unspecified atom stereocenters. The minimum Gasteiger partial charge on any atom is -1.00 e. The van der Waals surface area contributed by atoms with E-state index in [9.17, 15) is 4.79 Å². The molecule has 3 rings (SSSR count). The fourth-order valence-electron chi connectivity index (χ4n) is 3.00. The quantitative estimate of drug-likeness (QED) is 0.579. The van der Waals surface area contributed by atoms with E-state index in [0.717, 1.165) is 50.2 Å². The highest BCUT2D eigenvalue weighted by molar-refractivity contribution is 5.94. The molecule has 0 radical (unpaired) electrons. The minimum atomic E-state index is 0. The van der Waals surface area contributed by atoms with Gasteiger partial charge in [-0.15, -0.1) is 0 Å². The Kier molecular flexibility index (Phi) is 7.76. The smallest absolute Gasteiger partial charge is 0.251 e. The molecule has 134 valence electrons. The molecule has 0 bridgehead atoms. The maximum atomic E-state index is 11.9. The first-order valence-electron chi connectivity index (χ1n) is 8.72. The Morgan fingerprint density at radius 2 is 1.84 bits per heavy atom. The normalized spacial score (nSPS) is 15.0.